The monoisotopic (exact) mass is 196 g/mol. The molecule has 0 bridgehead atoms. The first-order valence-electron chi connectivity index (χ1n) is 4.52. The zero-order valence-corrected chi connectivity index (χ0v) is 9.05. The van der Waals surface area contributed by atoms with E-state index in [1.807, 2.05) is 12.1 Å². The van der Waals surface area contributed by atoms with Crippen molar-refractivity contribution in [1.82, 2.24) is 0 Å². The van der Waals surface area contributed by atoms with Crippen LogP contribution in [0, 0.1) is 12.8 Å². The first-order chi connectivity index (χ1) is 6.22. The quantitative estimate of drug-likeness (QED) is 0.728. The summed E-state index contributed by atoms with van der Waals surface area (Å²) in [6.07, 6.45) is 0. The van der Waals surface area contributed by atoms with Crippen LogP contribution in [0.25, 0.3) is 0 Å². The first-order valence-corrected chi connectivity index (χ1v) is 5.16. The molecule has 0 saturated carbocycles. The van der Waals surface area contributed by atoms with E-state index in [1.54, 1.807) is 0 Å². The SMILES string of the molecule is Cc1ccc(OCC(C)CS)cc1. The Morgan fingerprint density at radius 3 is 2.46 bits per heavy atom. The normalized spacial score (nSPS) is 12.5. The molecule has 0 aliphatic heterocycles. The zero-order valence-electron chi connectivity index (χ0n) is 8.16. The van der Waals surface area contributed by atoms with Crippen molar-refractivity contribution in [3.63, 3.8) is 0 Å². The Morgan fingerprint density at radius 1 is 1.31 bits per heavy atom. The maximum atomic E-state index is 5.56. The average molecular weight is 196 g/mol. The van der Waals surface area contributed by atoms with Crippen molar-refractivity contribution in [2.24, 2.45) is 5.92 Å². The predicted octanol–water partition coefficient (Wildman–Crippen LogP) is 2.94. The maximum Gasteiger partial charge on any atom is 0.119 e. The van der Waals surface area contributed by atoms with Crippen LogP contribution in [0.15, 0.2) is 24.3 Å². The van der Waals surface area contributed by atoms with E-state index in [9.17, 15) is 0 Å². The van der Waals surface area contributed by atoms with E-state index in [0.29, 0.717) is 5.92 Å². The van der Waals surface area contributed by atoms with Crippen LogP contribution in [-0.2, 0) is 0 Å². The Morgan fingerprint density at radius 2 is 1.92 bits per heavy atom. The van der Waals surface area contributed by atoms with E-state index in [4.69, 9.17) is 4.74 Å². The van der Waals surface area contributed by atoms with Crippen molar-refractivity contribution < 1.29 is 4.74 Å². The van der Waals surface area contributed by atoms with Crippen LogP contribution < -0.4 is 4.74 Å². The molecule has 1 aromatic carbocycles. The second kappa shape index (κ2) is 5.18. The number of benzene rings is 1. The van der Waals surface area contributed by atoms with Crippen LogP contribution in [0.5, 0.6) is 5.75 Å². The molecule has 0 aliphatic rings. The molecule has 13 heavy (non-hydrogen) atoms. The van der Waals surface area contributed by atoms with Crippen LogP contribution in [0.4, 0.5) is 0 Å². The highest BCUT2D eigenvalue weighted by molar-refractivity contribution is 7.80. The number of ether oxygens (including phenoxy) is 1. The van der Waals surface area contributed by atoms with Gasteiger partial charge in [-0.1, -0.05) is 24.6 Å². The number of hydrogen-bond acceptors (Lipinski definition) is 2. The van der Waals surface area contributed by atoms with Crippen molar-refractivity contribution in [2.75, 3.05) is 12.4 Å². The van der Waals surface area contributed by atoms with Gasteiger partial charge in [-0.2, -0.15) is 12.6 Å². The number of thiol groups is 1. The standard InChI is InChI=1S/C11H16OS/c1-9-3-5-11(6-4-9)12-7-10(2)8-13/h3-6,10,13H,7-8H2,1-2H3. The zero-order chi connectivity index (χ0) is 9.68. The van der Waals surface area contributed by atoms with E-state index < -0.39 is 0 Å². The molecule has 0 saturated heterocycles. The summed E-state index contributed by atoms with van der Waals surface area (Å²) in [6.45, 7) is 4.94. The van der Waals surface area contributed by atoms with Crippen LogP contribution >= 0.6 is 12.6 Å². The van der Waals surface area contributed by atoms with Crippen molar-refractivity contribution in [2.45, 2.75) is 13.8 Å². The van der Waals surface area contributed by atoms with Gasteiger partial charge in [-0.05, 0) is 30.7 Å². The highest BCUT2D eigenvalue weighted by Crippen LogP contribution is 2.12. The molecule has 0 N–H and O–H groups in total. The third-order valence-electron chi connectivity index (χ3n) is 1.87. The molecule has 1 rings (SSSR count). The molecule has 0 aromatic heterocycles. The first kappa shape index (κ1) is 10.5. The van der Waals surface area contributed by atoms with Gasteiger partial charge in [0.15, 0.2) is 0 Å². The lowest BCUT2D eigenvalue weighted by molar-refractivity contribution is 0.273. The maximum absolute atomic E-state index is 5.56. The van der Waals surface area contributed by atoms with E-state index in [0.717, 1.165) is 18.1 Å². The average Bonchev–Trinajstić information content (AvgIpc) is 2.16. The third-order valence-corrected chi connectivity index (χ3v) is 2.49. The molecule has 2 heteroatoms. The molecule has 0 fully saturated rings. The van der Waals surface area contributed by atoms with Gasteiger partial charge in [0.1, 0.15) is 5.75 Å². The summed E-state index contributed by atoms with van der Waals surface area (Å²) in [5, 5.41) is 0. The van der Waals surface area contributed by atoms with E-state index in [-0.39, 0.29) is 0 Å². The van der Waals surface area contributed by atoms with Crippen LogP contribution in [0.3, 0.4) is 0 Å². The van der Waals surface area contributed by atoms with Gasteiger partial charge in [-0.3, -0.25) is 0 Å². The summed E-state index contributed by atoms with van der Waals surface area (Å²) >= 11 is 4.20. The van der Waals surface area contributed by atoms with Crippen molar-refractivity contribution >= 4 is 12.6 Å². The minimum atomic E-state index is 0.504. The van der Waals surface area contributed by atoms with Gasteiger partial charge in [0, 0.05) is 0 Å². The lowest BCUT2D eigenvalue weighted by atomic mass is 10.2. The summed E-state index contributed by atoms with van der Waals surface area (Å²) in [4.78, 5) is 0. The molecule has 1 nitrogen and oxygen atoms in total. The van der Waals surface area contributed by atoms with Gasteiger partial charge in [-0.25, -0.2) is 0 Å². The van der Waals surface area contributed by atoms with Gasteiger partial charge in [0.2, 0.25) is 0 Å². The summed E-state index contributed by atoms with van der Waals surface area (Å²) in [6, 6.07) is 8.11. The fourth-order valence-electron chi connectivity index (χ4n) is 0.926. The van der Waals surface area contributed by atoms with Gasteiger partial charge in [-0.15, -0.1) is 0 Å². The molecule has 0 amide bonds. The molecule has 0 spiro atoms. The molecule has 0 radical (unpaired) electrons. The lowest BCUT2D eigenvalue weighted by Crippen LogP contribution is -2.09. The Hall–Kier alpha value is -0.630. The summed E-state index contributed by atoms with van der Waals surface area (Å²) in [5.74, 6) is 2.31. The molecular weight excluding hydrogens is 180 g/mol. The minimum absolute atomic E-state index is 0.504. The second-order valence-electron chi connectivity index (χ2n) is 3.41. The largest absolute Gasteiger partial charge is 0.493 e. The van der Waals surface area contributed by atoms with Gasteiger partial charge in [0.25, 0.3) is 0 Å². The van der Waals surface area contributed by atoms with E-state index >= 15 is 0 Å². The molecular formula is C11H16OS. The Kier molecular flexibility index (Phi) is 4.16. The molecule has 72 valence electrons. The summed E-state index contributed by atoms with van der Waals surface area (Å²) in [5.41, 5.74) is 1.26. The molecule has 1 aromatic rings. The van der Waals surface area contributed by atoms with Crippen molar-refractivity contribution in [1.29, 1.82) is 0 Å². The minimum Gasteiger partial charge on any atom is -0.493 e. The predicted molar refractivity (Wildman–Crippen MR) is 59.7 cm³/mol. The van der Waals surface area contributed by atoms with Gasteiger partial charge >= 0.3 is 0 Å². The topological polar surface area (TPSA) is 9.23 Å². The molecule has 0 heterocycles. The summed E-state index contributed by atoms with van der Waals surface area (Å²) in [7, 11) is 0. The van der Waals surface area contributed by atoms with E-state index in [1.165, 1.54) is 5.56 Å². The highest BCUT2D eigenvalue weighted by Gasteiger charge is 1.99. The Balaban J connectivity index is 2.41. The lowest BCUT2D eigenvalue weighted by Gasteiger charge is -2.10. The molecule has 1 atom stereocenters. The number of rotatable bonds is 4. The van der Waals surface area contributed by atoms with Gasteiger partial charge < -0.3 is 4.74 Å². The fraction of sp³-hybridized carbons (Fsp3) is 0.455. The summed E-state index contributed by atoms with van der Waals surface area (Å²) < 4.78 is 5.56. The highest BCUT2D eigenvalue weighted by atomic mass is 32.1. The van der Waals surface area contributed by atoms with E-state index in [2.05, 4.69) is 38.6 Å². The van der Waals surface area contributed by atoms with Crippen molar-refractivity contribution in [3.8, 4) is 5.75 Å². The van der Waals surface area contributed by atoms with Crippen LogP contribution in [-0.4, -0.2) is 12.4 Å². The Labute approximate surface area is 85.5 Å². The number of aryl methyl sites for hydroxylation is 1. The fourth-order valence-corrected chi connectivity index (χ4v) is 1.03. The van der Waals surface area contributed by atoms with Crippen LogP contribution in [0.1, 0.15) is 12.5 Å². The third kappa shape index (κ3) is 3.73. The molecule has 1 unspecified atom stereocenters. The second-order valence-corrected chi connectivity index (χ2v) is 3.78. The molecule has 0 aliphatic carbocycles. The van der Waals surface area contributed by atoms with Crippen LogP contribution in [0.2, 0.25) is 0 Å². The van der Waals surface area contributed by atoms with Gasteiger partial charge in [0.05, 0.1) is 6.61 Å². The number of hydrogen-bond donors (Lipinski definition) is 1. The Bertz CT molecular complexity index is 243. The smallest absolute Gasteiger partial charge is 0.119 e. The van der Waals surface area contributed by atoms with Crippen molar-refractivity contribution in [3.05, 3.63) is 29.8 Å².